The lowest BCUT2D eigenvalue weighted by Crippen LogP contribution is -2.08. The van der Waals surface area contributed by atoms with Crippen molar-refractivity contribution in [3.8, 4) is 0 Å². The molecule has 0 aliphatic heterocycles. The fourth-order valence-electron chi connectivity index (χ4n) is 2.05. The topological polar surface area (TPSA) is 55.2 Å². The predicted molar refractivity (Wildman–Crippen MR) is 76.3 cm³/mol. The van der Waals surface area contributed by atoms with Crippen molar-refractivity contribution in [1.82, 2.24) is 0 Å². The first-order valence-corrected chi connectivity index (χ1v) is 6.25. The molecule has 0 amide bonds. The van der Waals surface area contributed by atoms with Crippen LogP contribution in [0.25, 0.3) is 0 Å². The molecule has 0 saturated carbocycles. The van der Waals surface area contributed by atoms with Crippen molar-refractivity contribution >= 4 is 11.4 Å². The fourth-order valence-corrected chi connectivity index (χ4v) is 2.05. The maximum absolute atomic E-state index is 12.9. The number of benzene rings is 2. The molecule has 2 aromatic carbocycles. The van der Waals surface area contributed by atoms with Crippen molar-refractivity contribution in [3.05, 3.63) is 69.5 Å². The number of halogens is 1. The Morgan fingerprint density at radius 3 is 2.45 bits per heavy atom. The standard InChI is InChI=1S/C15H15FN2O2/c1-10-14(4-3-5-15(10)18(19)20)17-11(2)12-6-8-13(16)9-7-12/h3-9,11,17H,1-2H3. The van der Waals surface area contributed by atoms with Gasteiger partial charge in [0.15, 0.2) is 0 Å². The van der Waals surface area contributed by atoms with Gasteiger partial charge in [0.05, 0.1) is 4.92 Å². The average Bonchev–Trinajstić information content (AvgIpc) is 2.41. The Morgan fingerprint density at radius 2 is 1.85 bits per heavy atom. The van der Waals surface area contributed by atoms with Gasteiger partial charge in [-0.1, -0.05) is 18.2 Å². The fraction of sp³-hybridized carbons (Fsp3) is 0.200. The lowest BCUT2D eigenvalue weighted by atomic mass is 10.1. The lowest BCUT2D eigenvalue weighted by Gasteiger charge is -2.17. The molecular formula is C15H15FN2O2. The SMILES string of the molecule is Cc1c(NC(C)c2ccc(F)cc2)cccc1[N+](=O)[O-]. The molecule has 0 aliphatic rings. The van der Waals surface area contributed by atoms with Crippen LogP contribution in [0, 0.1) is 22.9 Å². The number of hydrogen-bond acceptors (Lipinski definition) is 3. The summed E-state index contributed by atoms with van der Waals surface area (Å²) < 4.78 is 12.9. The quantitative estimate of drug-likeness (QED) is 0.671. The number of nitro benzene ring substituents is 1. The summed E-state index contributed by atoms with van der Waals surface area (Å²) in [5.41, 5.74) is 2.29. The molecule has 2 rings (SSSR count). The van der Waals surface area contributed by atoms with Gasteiger partial charge in [0.25, 0.3) is 5.69 Å². The summed E-state index contributed by atoms with van der Waals surface area (Å²) in [5.74, 6) is -0.285. The molecular weight excluding hydrogens is 259 g/mol. The zero-order valence-electron chi connectivity index (χ0n) is 11.3. The number of anilines is 1. The first-order valence-electron chi connectivity index (χ1n) is 6.25. The lowest BCUT2D eigenvalue weighted by molar-refractivity contribution is -0.385. The van der Waals surface area contributed by atoms with Crippen LogP contribution < -0.4 is 5.32 Å². The molecule has 1 atom stereocenters. The minimum atomic E-state index is -0.400. The molecule has 2 aromatic rings. The minimum Gasteiger partial charge on any atom is -0.378 e. The average molecular weight is 274 g/mol. The van der Waals surface area contributed by atoms with Crippen molar-refractivity contribution < 1.29 is 9.31 Å². The van der Waals surface area contributed by atoms with Gasteiger partial charge in [0.1, 0.15) is 5.82 Å². The molecule has 0 saturated heterocycles. The number of hydrogen-bond donors (Lipinski definition) is 1. The third-order valence-electron chi connectivity index (χ3n) is 3.24. The third kappa shape index (κ3) is 2.93. The molecule has 0 aromatic heterocycles. The first kappa shape index (κ1) is 14.0. The summed E-state index contributed by atoms with van der Waals surface area (Å²) in [5, 5.41) is 14.1. The van der Waals surface area contributed by atoms with Gasteiger partial charge in [-0.05, 0) is 37.6 Å². The van der Waals surface area contributed by atoms with Crippen LogP contribution in [0.3, 0.4) is 0 Å². The highest BCUT2D eigenvalue weighted by Gasteiger charge is 2.14. The van der Waals surface area contributed by atoms with Gasteiger partial charge in [0, 0.05) is 23.4 Å². The highest BCUT2D eigenvalue weighted by Crippen LogP contribution is 2.28. The highest BCUT2D eigenvalue weighted by atomic mass is 19.1. The molecule has 0 aliphatic carbocycles. The van der Waals surface area contributed by atoms with E-state index in [9.17, 15) is 14.5 Å². The van der Waals surface area contributed by atoms with Crippen LogP contribution >= 0.6 is 0 Å². The third-order valence-corrected chi connectivity index (χ3v) is 3.24. The Labute approximate surface area is 116 Å². The predicted octanol–water partition coefficient (Wildman–Crippen LogP) is 4.22. The van der Waals surface area contributed by atoms with Gasteiger partial charge < -0.3 is 5.32 Å². The molecule has 0 radical (unpaired) electrons. The van der Waals surface area contributed by atoms with Crippen LogP contribution in [0.4, 0.5) is 15.8 Å². The Hall–Kier alpha value is -2.43. The summed E-state index contributed by atoms with van der Waals surface area (Å²) >= 11 is 0. The zero-order chi connectivity index (χ0) is 14.7. The second kappa shape index (κ2) is 5.69. The molecule has 1 unspecified atom stereocenters. The molecule has 0 heterocycles. The number of rotatable bonds is 4. The van der Waals surface area contributed by atoms with Gasteiger partial charge >= 0.3 is 0 Å². The number of nitro groups is 1. The first-order chi connectivity index (χ1) is 9.49. The van der Waals surface area contributed by atoms with Crippen LogP contribution in [0.1, 0.15) is 24.1 Å². The Kier molecular flexibility index (Phi) is 3.98. The highest BCUT2D eigenvalue weighted by molar-refractivity contribution is 5.60. The van der Waals surface area contributed by atoms with Gasteiger partial charge in [-0.2, -0.15) is 0 Å². The Balaban J connectivity index is 2.23. The van der Waals surface area contributed by atoms with Gasteiger partial charge in [-0.3, -0.25) is 10.1 Å². The van der Waals surface area contributed by atoms with E-state index in [-0.39, 0.29) is 17.5 Å². The van der Waals surface area contributed by atoms with Crippen molar-refractivity contribution in [3.63, 3.8) is 0 Å². The van der Waals surface area contributed by atoms with Gasteiger partial charge in [-0.25, -0.2) is 4.39 Å². The maximum Gasteiger partial charge on any atom is 0.274 e. The van der Waals surface area contributed by atoms with Gasteiger partial charge in [-0.15, -0.1) is 0 Å². The monoisotopic (exact) mass is 274 g/mol. The van der Waals surface area contributed by atoms with Crippen molar-refractivity contribution in [2.75, 3.05) is 5.32 Å². The second-order valence-corrected chi connectivity index (χ2v) is 4.62. The molecule has 1 N–H and O–H groups in total. The molecule has 0 bridgehead atoms. The summed E-state index contributed by atoms with van der Waals surface area (Å²) in [7, 11) is 0. The largest absolute Gasteiger partial charge is 0.378 e. The second-order valence-electron chi connectivity index (χ2n) is 4.62. The summed E-state index contributed by atoms with van der Waals surface area (Å²) in [6.45, 7) is 3.63. The molecule has 0 fully saturated rings. The van der Waals surface area contributed by atoms with Crippen LogP contribution in [0.5, 0.6) is 0 Å². The molecule has 20 heavy (non-hydrogen) atoms. The van der Waals surface area contributed by atoms with Crippen LogP contribution in [0.15, 0.2) is 42.5 Å². The van der Waals surface area contributed by atoms with E-state index in [4.69, 9.17) is 0 Å². The molecule has 0 spiro atoms. The van der Waals surface area contributed by atoms with E-state index in [0.29, 0.717) is 11.3 Å². The summed E-state index contributed by atoms with van der Waals surface area (Å²) in [6, 6.07) is 11.0. The zero-order valence-corrected chi connectivity index (χ0v) is 11.3. The smallest absolute Gasteiger partial charge is 0.274 e. The van der Waals surface area contributed by atoms with E-state index in [1.165, 1.54) is 18.2 Å². The van der Waals surface area contributed by atoms with E-state index in [1.807, 2.05) is 6.92 Å². The Bertz CT molecular complexity index is 626. The van der Waals surface area contributed by atoms with Crippen molar-refractivity contribution in [1.29, 1.82) is 0 Å². The van der Waals surface area contributed by atoms with E-state index in [0.717, 1.165) is 5.56 Å². The minimum absolute atomic E-state index is 0.0729. The molecule has 104 valence electrons. The summed E-state index contributed by atoms with van der Waals surface area (Å²) in [6.07, 6.45) is 0. The van der Waals surface area contributed by atoms with E-state index >= 15 is 0 Å². The van der Waals surface area contributed by atoms with Crippen LogP contribution in [-0.2, 0) is 0 Å². The van der Waals surface area contributed by atoms with Crippen LogP contribution in [0.2, 0.25) is 0 Å². The van der Waals surface area contributed by atoms with Crippen LogP contribution in [-0.4, -0.2) is 4.92 Å². The number of nitrogens with one attached hydrogen (secondary N) is 1. The summed E-state index contributed by atoms with van der Waals surface area (Å²) in [4.78, 5) is 10.5. The Morgan fingerprint density at radius 1 is 1.20 bits per heavy atom. The normalized spacial score (nSPS) is 11.9. The molecule has 4 nitrogen and oxygen atoms in total. The van der Waals surface area contributed by atoms with Gasteiger partial charge in [0.2, 0.25) is 0 Å². The van der Waals surface area contributed by atoms with E-state index in [2.05, 4.69) is 5.32 Å². The number of nitrogens with zero attached hydrogens (tertiary/aromatic N) is 1. The molecule has 5 heteroatoms. The van der Waals surface area contributed by atoms with E-state index in [1.54, 1.807) is 31.2 Å². The van der Waals surface area contributed by atoms with Crippen molar-refractivity contribution in [2.24, 2.45) is 0 Å². The van der Waals surface area contributed by atoms with Crippen molar-refractivity contribution in [2.45, 2.75) is 19.9 Å². The maximum atomic E-state index is 12.9. The van der Waals surface area contributed by atoms with E-state index < -0.39 is 4.92 Å².